The zero-order valence-electron chi connectivity index (χ0n) is 9.07. The lowest BCUT2D eigenvalue weighted by Gasteiger charge is -2.06. The van der Waals surface area contributed by atoms with E-state index in [0.717, 1.165) is 19.4 Å². The van der Waals surface area contributed by atoms with Crippen LogP contribution >= 0.6 is 0 Å². The molecule has 1 N–H and O–H groups in total. The van der Waals surface area contributed by atoms with Gasteiger partial charge in [-0.25, -0.2) is 4.98 Å². The molecule has 1 aromatic heterocycles. The molecule has 0 saturated heterocycles. The molecule has 0 aliphatic heterocycles. The Hall–Kier alpha value is -1.32. The van der Waals surface area contributed by atoms with Gasteiger partial charge in [-0.2, -0.15) is 4.98 Å². The number of unbranched alkanes of at least 4 members (excludes halogenated alkanes) is 1. The van der Waals surface area contributed by atoms with Crippen molar-refractivity contribution < 1.29 is 4.74 Å². The molecule has 0 amide bonds. The Bertz CT molecular complexity index is 312. The van der Waals surface area contributed by atoms with E-state index in [2.05, 4.69) is 22.2 Å². The van der Waals surface area contributed by atoms with Crippen LogP contribution < -0.4 is 10.1 Å². The number of anilines is 1. The van der Waals surface area contributed by atoms with E-state index in [4.69, 9.17) is 4.74 Å². The minimum absolute atomic E-state index is 0.580. The van der Waals surface area contributed by atoms with Gasteiger partial charge in [0.1, 0.15) is 0 Å². The van der Waals surface area contributed by atoms with Crippen molar-refractivity contribution in [3.05, 3.63) is 12.3 Å². The third-order valence-electron chi connectivity index (χ3n) is 2.29. The first-order valence-corrected chi connectivity index (χ1v) is 5.61. The number of nitrogens with one attached hydrogen (secondary N) is 1. The first-order valence-electron chi connectivity index (χ1n) is 5.61. The second-order valence-electron chi connectivity index (χ2n) is 3.84. The Morgan fingerprint density at radius 1 is 1.53 bits per heavy atom. The van der Waals surface area contributed by atoms with Gasteiger partial charge in [-0.1, -0.05) is 13.3 Å². The number of rotatable bonds is 6. The van der Waals surface area contributed by atoms with Gasteiger partial charge in [0.2, 0.25) is 11.8 Å². The number of aromatic nitrogens is 2. The molecule has 2 rings (SSSR count). The van der Waals surface area contributed by atoms with E-state index in [0.29, 0.717) is 17.9 Å². The zero-order valence-corrected chi connectivity index (χ0v) is 9.07. The number of nitrogens with zero attached hydrogens (tertiary/aromatic N) is 2. The second kappa shape index (κ2) is 4.96. The van der Waals surface area contributed by atoms with Gasteiger partial charge in [-0.3, -0.25) is 0 Å². The minimum Gasteiger partial charge on any atom is -0.478 e. The van der Waals surface area contributed by atoms with E-state index in [1.54, 1.807) is 12.3 Å². The zero-order chi connectivity index (χ0) is 10.5. The Labute approximate surface area is 90.1 Å². The second-order valence-corrected chi connectivity index (χ2v) is 3.84. The van der Waals surface area contributed by atoms with Crippen LogP contribution in [-0.2, 0) is 0 Å². The summed E-state index contributed by atoms with van der Waals surface area (Å²) in [5.74, 6) is 1.35. The largest absolute Gasteiger partial charge is 0.478 e. The van der Waals surface area contributed by atoms with E-state index >= 15 is 0 Å². The van der Waals surface area contributed by atoms with Crippen LogP contribution in [0.25, 0.3) is 0 Å². The summed E-state index contributed by atoms with van der Waals surface area (Å²) >= 11 is 0. The molecule has 15 heavy (non-hydrogen) atoms. The summed E-state index contributed by atoms with van der Waals surface area (Å²) in [5, 5.41) is 3.24. The number of hydrogen-bond acceptors (Lipinski definition) is 4. The standard InChI is InChI=1S/C11H17N3O/c1-2-3-8-15-10-6-7-12-11(14-10)13-9-4-5-9/h6-7,9H,2-5,8H2,1H3,(H,12,13,14). The van der Waals surface area contributed by atoms with Gasteiger partial charge >= 0.3 is 0 Å². The molecular weight excluding hydrogens is 190 g/mol. The maximum Gasteiger partial charge on any atom is 0.226 e. The van der Waals surface area contributed by atoms with E-state index in [1.807, 2.05) is 0 Å². The van der Waals surface area contributed by atoms with Crippen LogP contribution in [0.3, 0.4) is 0 Å². The molecule has 1 aliphatic carbocycles. The van der Waals surface area contributed by atoms with Crippen molar-refractivity contribution in [2.75, 3.05) is 11.9 Å². The molecule has 4 heteroatoms. The summed E-state index contributed by atoms with van der Waals surface area (Å²) in [4.78, 5) is 8.43. The molecule has 0 radical (unpaired) electrons. The third-order valence-corrected chi connectivity index (χ3v) is 2.29. The molecule has 0 unspecified atom stereocenters. The monoisotopic (exact) mass is 207 g/mol. The highest BCUT2D eigenvalue weighted by Crippen LogP contribution is 2.23. The van der Waals surface area contributed by atoms with Crippen molar-refractivity contribution >= 4 is 5.95 Å². The van der Waals surface area contributed by atoms with Crippen LogP contribution in [0.5, 0.6) is 5.88 Å². The summed E-state index contributed by atoms with van der Waals surface area (Å²) in [6, 6.07) is 2.38. The number of hydrogen-bond donors (Lipinski definition) is 1. The smallest absolute Gasteiger partial charge is 0.226 e. The average Bonchev–Trinajstić information content (AvgIpc) is 3.03. The van der Waals surface area contributed by atoms with E-state index < -0.39 is 0 Å². The van der Waals surface area contributed by atoms with E-state index in [1.165, 1.54) is 12.8 Å². The molecule has 1 aromatic rings. The topological polar surface area (TPSA) is 47.0 Å². The normalized spacial score (nSPS) is 15.0. The van der Waals surface area contributed by atoms with Crippen molar-refractivity contribution in [2.45, 2.75) is 38.6 Å². The highest BCUT2D eigenvalue weighted by molar-refractivity contribution is 5.30. The van der Waals surface area contributed by atoms with Crippen LogP contribution in [0.2, 0.25) is 0 Å². The summed E-state index contributed by atoms with van der Waals surface area (Å²) in [6.07, 6.45) is 6.39. The summed E-state index contributed by atoms with van der Waals surface area (Å²) in [7, 11) is 0. The molecule has 1 aliphatic rings. The Kier molecular flexibility index (Phi) is 3.37. The van der Waals surface area contributed by atoms with Crippen LogP contribution in [0.1, 0.15) is 32.6 Å². The van der Waals surface area contributed by atoms with Gasteiger partial charge < -0.3 is 10.1 Å². The fourth-order valence-electron chi connectivity index (χ4n) is 1.22. The summed E-state index contributed by atoms with van der Waals surface area (Å²) in [5.41, 5.74) is 0. The van der Waals surface area contributed by atoms with E-state index in [-0.39, 0.29) is 0 Å². The maximum atomic E-state index is 5.50. The van der Waals surface area contributed by atoms with Crippen LogP contribution in [0, 0.1) is 0 Å². The maximum absolute atomic E-state index is 5.50. The molecule has 1 fully saturated rings. The molecule has 0 atom stereocenters. The fourth-order valence-corrected chi connectivity index (χ4v) is 1.22. The molecule has 4 nitrogen and oxygen atoms in total. The Balaban J connectivity index is 1.86. The minimum atomic E-state index is 0.580. The van der Waals surface area contributed by atoms with Crippen LogP contribution in [0.4, 0.5) is 5.95 Å². The summed E-state index contributed by atoms with van der Waals surface area (Å²) in [6.45, 7) is 2.87. The fraction of sp³-hybridized carbons (Fsp3) is 0.636. The van der Waals surface area contributed by atoms with Crippen LogP contribution in [-0.4, -0.2) is 22.6 Å². The predicted molar refractivity (Wildman–Crippen MR) is 59.1 cm³/mol. The highest BCUT2D eigenvalue weighted by atomic mass is 16.5. The molecule has 0 bridgehead atoms. The lowest BCUT2D eigenvalue weighted by molar-refractivity contribution is 0.297. The quantitative estimate of drug-likeness (QED) is 0.727. The average molecular weight is 207 g/mol. The van der Waals surface area contributed by atoms with Gasteiger partial charge in [-0.15, -0.1) is 0 Å². The van der Waals surface area contributed by atoms with Crippen molar-refractivity contribution in [3.8, 4) is 5.88 Å². The van der Waals surface area contributed by atoms with Crippen molar-refractivity contribution in [2.24, 2.45) is 0 Å². The Morgan fingerprint density at radius 3 is 3.13 bits per heavy atom. The lowest BCUT2D eigenvalue weighted by Crippen LogP contribution is -2.06. The first-order chi connectivity index (χ1) is 7.38. The van der Waals surface area contributed by atoms with Gasteiger partial charge in [0.15, 0.2) is 0 Å². The van der Waals surface area contributed by atoms with Crippen molar-refractivity contribution in [3.63, 3.8) is 0 Å². The number of ether oxygens (including phenoxy) is 1. The summed E-state index contributed by atoms with van der Waals surface area (Å²) < 4.78 is 5.50. The molecule has 0 aromatic carbocycles. The molecular formula is C11H17N3O. The Morgan fingerprint density at radius 2 is 2.40 bits per heavy atom. The third kappa shape index (κ3) is 3.38. The van der Waals surface area contributed by atoms with Crippen molar-refractivity contribution in [1.29, 1.82) is 0 Å². The molecule has 82 valence electrons. The van der Waals surface area contributed by atoms with Crippen LogP contribution in [0.15, 0.2) is 12.3 Å². The SMILES string of the molecule is CCCCOc1ccnc(NC2CC2)n1. The van der Waals surface area contributed by atoms with Gasteiger partial charge in [0.25, 0.3) is 0 Å². The van der Waals surface area contributed by atoms with Gasteiger partial charge in [0, 0.05) is 18.3 Å². The van der Waals surface area contributed by atoms with E-state index in [9.17, 15) is 0 Å². The molecule has 0 spiro atoms. The molecule has 1 heterocycles. The highest BCUT2D eigenvalue weighted by Gasteiger charge is 2.21. The molecule has 1 saturated carbocycles. The van der Waals surface area contributed by atoms with Gasteiger partial charge in [0.05, 0.1) is 6.61 Å². The van der Waals surface area contributed by atoms with Crippen molar-refractivity contribution in [1.82, 2.24) is 9.97 Å². The first kappa shape index (κ1) is 10.2. The lowest BCUT2D eigenvalue weighted by atomic mass is 10.4. The van der Waals surface area contributed by atoms with Gasteiger partial charge in [-0.05, 0) is 19.3 Å². The predicted octanol–water partition coefficient (Wildman–Crippen LogP) is 2.23.